The minimum absolute atomic E-state index is 0.0158. The normalized spacial score (nSPS) is 13.2. The molecule has 0 saturated carbocycles. The number of halogens is 4. The third-order valence-corrected chi connectivity index (χ3v) is 3.30. The van der Waals surface area contributed by atoms with Gasteiger partial charge in [-0.05, 0) is 37.7 Å². The van der Waals surface area contributed by atoms with Crippen molar-refractivity contribution in [1.82, 2.24) is 5.32 Å². The maximum absolute atomic E-state index is 14.0. The van der Waals surface area contributed by atoms with Crippen molar-refractivity contribution in [3.05, 3.63) is 70.5 Å². The summed E-state index contributed by atoms with van der Waals surface area (Å²) in [6.45, 7) is 1.87. The highest BCUT2D eigenvalue weighted by atomic mass is 19.4. The van der Waals surface area contributed by atoms with Crippen LogP contribution in [0.3, 0.4) is 0 Å². The molecule has 2 aromatic rings. The molecule has 0 heterocycles. The monoisotopic (exact) mass is 297 g/mol. The van der Waals surface area contributed by atoms with Crippen molar-refractivity contribution in [2.24, 2.45) is 0 Å². The highest BCUT2D eigenvalue weighted by Gasteiger charge is 2.32. The van der Waals surface area contributed by atoms with Gasteiger partial charge in [-0.15, -0.1) is 0 Å². The summed E-state index contributed by atoms with van der Waals surface area (Å²) in [5.74, 6) is -0.663. The minimum Gasteiger partial charge on any atom is -0.309 e. The van der Waals surface area contributed by atoms with Crippen molar-refractivity contribution in [1.29, 1.82) is 0 Å². The second-order valence-corrected chi connectivity index (χ2v) is 4.87. The maximum atomic E-state index is 14.0. The number of alkyl halides is 3. The Labute approximate surface area is 120 Å². The Bertz CT molecular complexity index is 634. The quantitative estimate of drug-likeness (QED) is 0.825. The molecule has 0 aliphatic heterocycles. The third-order valence-electron chi connectivity index (χ3n) is 3.30. The summed E-state index contributed by atoms with van der Waals surface area (Å²) in [5.41, 5.74) is 0.806. The van der Waals surface area contributed by atoms with Gasteiger partial charge in [-0.1, -0.05) is 29.8 Å². The molecular weight excluding hydrogens is 282 g/mol. The van der Waals surface area contributed by atoms with Crippen LogP contribution in [0.25, 0.3) is 0 Å². The number of rotatable bonds is 3. The summed E-state index contributed by atoms with van der Waals surface area (Å²) < 4.78 is 52.3. The van der Waals surface area contributed by atoms with E-state index in [0.29, 0.717) is 0 Å². The van der Waals surface area contributed by atoms with E-state index in [-0.39, 0.29) is 5.56 Å². The molecule has 0 aliphatic carbocycles. The van der Waals surface area contributed by atoms with Crippen LogP contribution >= 0.6 is 0 Å². The Kier molecular flexibility index (Phi) is 4.32. The lowest BCUT2D eigenvalue weighted by Gasteiger charge is -2.20. The van der Waals surface area contributed by atoms with Gasteiger partial charge in [0.2, 0.25) is 0 Å². The van der Waals surface area contributed by atoms with Crippen molar-refractivity contribution in [3.8, 4) is 0 Å². The Balaban J connectivity index is 2.52. The number of benzene rings is 2. The topological polar surface area (TPSA) is 12.0 Å². The van der Waals surface area contributed by atoms with Crippen molar-refractivity contribution >= 4 is 0 Å². The van der Waals surface area contributed by atoms with Gasteiger partial charge in [0.25, 0.3) is 0 Å². The molecule has 0 radical (unpaired) electrons. The van der Waals surface area contributed by atoms with Crippen LogP contribution in [0.15, 0.2) is 42.5 Å². The van der Waals surface area contributed by atoms with E-state index in [1.807, 2.05) is 19.1 Å². The highest BCUT2D eigenvalue weighted by Crippen LogP contribution is 2.33. The van der Waals surface area contributed by atoms with Crippen molar-refractivity contribution < 1.29 is 17.6 Å². The van der Waals surface area contributed by atoms with Gasteiger partial charge in [0.15, 0.2) is 0 Å². The van der Waals surface area contributed by atoms with E-state index >= 15 is 0 Å². The second kappa shape index (κ2) is 5.85. The van der Waals surface area contributed by atoms with Crippen molar-refractivity contribution in [3.63, 3.8) is 0 Å². The number of hydrogen-bond acceptors (Lipinski definition) is 1. The first-order chi connectivity index (χ1) is 9.82. The van der Waals surface area contributed by atoms with Gasteiger partial charge in [-0.3, -0.25) is 0 Å². The van der Waals surface area contributed by atoms with E-state index in [2.05, 4.69) is 5.32 Å². The Morgan fingerprint density at radius 1 is 1.05 bits per heavy atom. The zero-order valence-electron chi connectivity index (χ0n) is 11.6. The van der Waals surface area contributed by atoms with E-state index in [0.717, 1.165) is 29.3 Å². The van der Waals surface area contributed by atoms with Gasteiger partial charge in [0.1, 0.15) is 5.82 Å². The van der Waals surface area contributed by atoms with E-state index in [1.54, 1.807) is 19.2 Å². The molecule has 0 aromatic heterocycles. The summed E-state index contributed by atoms with van der Waals surface area (Å²) in [4.78, 5) is 0. The van der Waals surface area contributed by atoms with Gasteiger partial charge >= 0.3 is 6.18 Å². The Hall–Kier alpha value is -1.88. The number of nitrogens with one attached hydrogen (secondary N) is 1. The molecule has 0 bridgehead atoms. The largest absolute Gasteiger partial charge is 0.416 e. The van der Waals surface area contributed by atoms with E-state index in [9.17, 15) is 17.6 Å². The Morgan fingerprint density at radius 2 is 1.76 bits per heavy atom. The SMILES string of the molecule is CNC(c1cccc(C)c1)c1cc(C(F)(F)F)ccc1F. The average molecular weight is 297 g/mol. The van der Waals surface area contributed by atoms with Gasteiger partial charge in [-0.2, -0.15) is 13.2 Å². The van der Waals surface area contributed by atoms with Crippen LogP contribution in [-0.4, -0.2) is 7.05 Å². The number of aryl methyl sites for hydroxylation is 1. The van der Waals surface area contributed by atoms with Gasteiger partial charge in [0.05, 0.1) is 11.6 Å². The van der Waals surface area contributed by atoms with E-state index < -0.39 is 23.6 Å². The first-order valence-electron chi connectivity index (χ1n) is 6.43. The summed E-state index contributed by atoms with van der Waals surface area (Å²) in [6.07, 6.45) is -4.49. The van der Waals surface area contributed by atoms with Crippen molar-refractivity contribution in [2.75, 3.05) is 7.05 Å². The van der Waals surface area contributed by atoms with Crippen LogP contribution in [0.4, 0.5) is 17.6 Å². The Morgan fingerprint density at radius 3 is 2.33 bits per heavy atom. The van der Waals surface area contributed by atoms with E-state index in [1.165, 1.54) is 0 Å². The summed E-state index contributed by atoms with van der Waals surface area (Å²) >= 11 is 0. The smallest absolute Gasteiger partial charge is 0.309 e. The molecular formula is C16H15F4N. The molecule has 1 atom stereocenters. The zero-order valence-corrected chi connectivity index (χ0v) is 11.6. The molecule has 112 valence electrons. The first kappa shape index (κ1) is 15.5. The lowest BCUT2D eigenvalue weighted by atomic mass is 9.95. The van der Waals surface area contributed by atoms with Gasteiger partial charge in [0, 0.05) is 5.56 Å². The molecule has 2 rings (SSSR count). The summed E-state index contributed by atoms with van der Waals surface area (Å²) in [6, 6.07) is 9.08. The molecule has 0 fully saturated rings. The predicted molar refractivity (Wildman–Crippen MR) is 73.5 cm³/mol. The minimum atomic E-state index is -4.49. The maximum Gasteiger partial charge on any atom is 0.416 e. The highest BCUT2D eigenvalue weighted by molar-refractivity contribution is 5.37. The second-order valence-electron chi connectivity index (χ2n) is 4.87. The molecule has 2 aromatic carbocycles. The number of hydrogen-bond donors (Lipinski definition) is 1. The molecule has 21 heavy (non-hydrogen) atoms. The lowest BCUT2D eigenvalue weighted by Crippen LogP contribution is -2.20. The van der Waals surface area contributed by atoms with Crippen LogP contribution < -0.4 is 5.32 Å². The molecule has 1 nitrogen and oxygen atoms in total. The van der Waals surface area contributed by atoms with Gasteiger partial charge < -0.3 is 5.32 Å². The predicted octanol–water partition coefficient (Wildman–Crippen LogP) is 4.46. The van der Waals surface area contributed by atoms with Crippen LogP contribution in [0.5, 0.6) is 0 Å². The molecule has 0 spiro atoms. The fourth-order valence-corrected chi connectivity index (χ4v) is 2.29. The van der Waals surface area contributed by atoms with Crippen molar-refractivity contribution in [2.45, 2.75) is 19.1 Å². The lowest BCUT2D eigenvalue weighted by molar-refractivity contribution is -0.137. The van der Waals surface area contributed by atoms with Crippen LogP contribution in [0, 0.1) is 12.7 Å². The fraction of sp³-hybridized carbons (Fsp3) is 0.250. The van der Waals surface area contributed by atoms with Crippen LogP contribution in [0.1, 0.15) is 28.3 Å². The van der Waals surface area contributed by atoms with Crippen LogP contribution in [-0.2, 0) is 6.18 Å². The van der Waals surface area contributed by atoms with Gasteiger partial charge in [-0.25, -0.2) is 4.39 Å². The summed E-state index contributed by atoms with van der Waals surface area (Å²) in [7, 11) is 1.59. The molecule has 1 N–H and O–H groups in total. The standard InChI is InChI=1S/C16H15F4N/c1-10-4-3-5-11(8-10)15(21-2)13-9-12(16(18,19)20)6-7-14(13)17/h3-9,15,21H,1-2H3. The first-order valence-corrected chi connectivity index (χ1v) is 6.43. The third kappa shape index (κ3) is 3.42. The molecule has 5 heteroatoms. The molecule has 0 aliphatic rings. The molecule has 0 saturated heterocycles. The molecule has 0 amide bonds. The fourth-order valence-electron chi connectivity index (χ4n) is 2.29. The average Bonchev–Trinajstić information content (AvgIpc) is 2.40. The molecule has 1 unspecified atom stereocenters. The van der Waals surface area contributed by atoms with Crippen LogP contribution in [0.2, 0.25) is 0 Å². The summed E-state index contributed by atoms with van der Waals surface area (Å²) in [5, 5.41) is 2.87. The zero-order chi connectivity index (χ0) is 15.6. The van der Waals surface area contributed by atoms with E-state index in [4.69, 9.17) is 0 Å².